The zero-order valence-electron chi connectivity index (χ0n) is 4.42. The highest BCUT2D eigenvalue weighted by atomic mass is 32.2. The van der Waals surface area contributed by atoms with Gasteiger partial charge in [-0.05, 0) is 12.3 Å². The third-order valence-corrected chi connectivity index (χ3v) is 1.81. The van der Waals surface area contributed by atoms with Gasteiger partial charge in [0.15, 0.2) is 0 Å². The van der Waals surface area contributed by atoms with Gasteiger partial charge >= 0.3 is 0 Å². The van der Waals surface area contributed by atoms with Gasteiger partial charge in [0.1, 0.15) is 0 Å². The summed E-state index contributed by atoms with van der Waals surface area (Å²) >= 11 is 1.85. The maximum atomic E-state index is 2.27. The minimum Gasteiger partial charge on any atom is -0.368 e. The van der Waals surface area contributed by atoms with Gasteiger partial charge in [0, 0.05) is 12.7 Å². The van der Waals surface area contributed by atoms with Crippen molar-refractivity contribution < 1.29 is 0 Å². The molecule has 1 heterocycles. The molecule has 0 radical (unpaired) electrons. The second-order valence-corrected chi connectivity index (χ2v) is 2.35. The van der Waals surface area contributed by atoms with E-state index in [0.717, 1.165) is 12.4 Å². The summed E-state index contributed by atoms with van der Waals surface area (Å²) in [7, 11) is 0. The highest BCUT2D eigenvalue weighted by Crippen LogP contribution is 2.13. The van der Waals surface area contributed by atoms with E-state index in [1.165, 1.54) is 0 Å². The Morgan fingerprint density at radius 2 is 2.71 bits per heavy atom. The van der Waals surface area contributed by atoms with E-state index in [0.29, 0.717) is 0 Å². The molecule has 0 spiro atoms. The van der Waals surface area contributed by atoms with Crippen LogP contribution in [0.1, 0.15) is 6.92 Å². The fraction of sp³-hybridized carbons (Fsp3) is 0.600. The molecule has 2 heteroatoms. The van der Waals surface area contributed by atoms with E-state index < -0.39 is 0 Å². The van der Waals surface area contributed by atoms with Crippen LogP contribution in [0.3, 0.4) is 0 Å². The predicted molar refractivity (Wildman–Crippen MR) is 34.0 cm³/mol. The molecule has 0 amide bonds. The van der Waals surface area contributed by atoms with Crippen molar-refractivity contribution in [2.45, 2.75) is 6.92 Å². The Bertz CT molecular complexity index is 80.1. The molecular formula is C5H9NS. The molecule has 0 bridgehead atoms. The number of rotatable bonds is 1. The molecule has 0 aliphatic carbocycles. The monoisotopic (exact) mass is 115 g/mol. The summed E-state index contributed by atoms with van der Waals surface area (Å²) < 4.78 is 0. The molecule has 0 aromatic heterocycles. The molecule has 1 aliphatic heterocycles. The van der Waals surface area contributed by atoms with Gasteiger partial charge in [-0.2, -0.15) is 0 Å². The lowest BCUT2D eigenvalue weighted by Crippen LogP contribution is -2.10. The van der Waals surface area contributed by atoms with Crippen molar-refractivity contribution in [1.29, 1.82) is 0 Å². The lowest BCUT2D eigenvalue weighted by molar-refractivity contribution is 0.474. The first-order valence-electron chi connectivity index (χ1n) is 2.46. The summed E-state index contributed by atoms with van der Waals surface area (Å²) in [5, 5.41) is 2.13. The van der Waals surface area contributed by atoms with Gasteiger partial charge in [0.2, 0.25) is 0 Å². The van der Waals surface area contributed by atoms with E-state index in [9.17, 15) is 0 Å². The Labute approximate surface area is 48.4 Å². The molecule has 1 rings (SSSR count). The number of nitrogens with zero attached hydrogens (tertiary/aromatic N) is 1. The van der Waals surface area contributed by atoms with Gasteiger partial charge in [-0.3, -0.25) is 0 Å². The highest BCUT2D eigenvalue weighted by molar-refractivity contribution is 8.02. The average molecular weight is 115 g/mol. The maximum Gasteiger partial charge on any atom is 0.0674 e. The predicted octanol–water partition coefficient (Wildman–Crippen LogP) is 1.48. The van der Waals surface area contributed by atoms with Crippen LogP contribution in [-0.2, 0) is 0 Å². The fourth-order valence-corrected chi connectivity index (χ4v) is 1.31. The molecule has 1 aliphatic rings. The van der Waals surface area contributed by atoms with Crippen molar-refractivity contribution in [3.63, 3.8) is 0 Å². The van der Waals surface area contributed by atoms with Crippen LogP contribution >= 0.6 is 11.8 Å². The molecule has 0 fully saturated rings. The topological polar surface area (TPSA) is 3.24 Å². The second kappa shape index (κ2) is 2.26. The quantitative estimate of drug-likeness (QED) is 0.509. The van der Waals surface area contributed by atoms with Crippen LogP contribution in [0.5, 0.6) is 0 Å². The van der Waals surface area contributed by atoms with Crippen LogP contribution in [0.25, 0.3) is 0 Å². The number of thioether (sulfide) groups is 1. The Balaban J connectivity index is 2.28. The Morgan fingerprint density at radius 1 is 1.86 bits per heavy atom. The molecule has 7 heavy (non-hydrogen) atoms. The molecule has 40 valence electrons. The third kappa shape index (κ3) is 1.13. The Kier molecular flexibility index (Phi) is 1.63. The summed E-state index contributed by atoms with van der Waals surface area (Å²) in [6.45, 7) is 3.31. The standard InChI is InChI=1S/C5H9NS/c1-2-6-3-4-7-5-6/h3-4H,2,5H2,1H3. The first-order chi connectivity index (χ1) is 3.43. The third-order valence-electron chi connectivity index (χ3n) is 1.01. The lowest BCUT2D eigenvalue weighted by atomic mass is 10.7. The van der Waals surface area contributed by atoms with Gasteiger partial charge in [0.25, 0.3) is 0 Å². The molecule has 0 aromatic carbocycles. The van der Waals surface area contributed by atoms with Gasteiger partial charge < -0.3 is 4.90 Å². The van der Waals surface area contributed by atoms with E-state index >= 15 is 0 Å². The van der Waals surface area contributed by atoms with E-state index in [4.69, 9.17) is 0 Å². The summed E-state index contributed by atoms with van der Waals surface area (Å²) in [5.41, 5.74) is 0. The Hall–Kier alpha value is -0.110. The van der Waals surface area contributed by atoms with Crippen molar-refractivity contribution >= 4 is 11.8 Å². The molecule has 0 saturated heterocycles. The van der Waals surface area contributed by atoms with Gasteiger partial charge in [-0.25, -0.2) is 0 Å². The number of hydrogen-bond donors (Lipinski definition) is 0. The van der Waals surface area contributed by atoms with Crippen molar-refractivity contribution in [1.82, 2.24) is 4.90 Å². The normalized spacial score (nSPS) is 18.7. The van der Waals surface area contributed by atoms with Crippen LogP contribution in [-0.4, -0.2) is 17.3 Å². The minimum absolute atomic E-state index is 1.14. The van der Waals surface area contributed by atoms with E-state index in [1.54, 1.807) is 0 Å². The smallest absolute Gasteiger partial charge is 0.0674 e. The van der Waals surface area contributed by atoms with E-state index in [2.05, 4.69) is 23.4 Å². The molecular weight excluding hydrogens is 106 g/mol. The van der Waals surface area contributed by atoms with Crippen LogP contribution in [0.2, 0.25) is 0 Å². The van der Waals surface area contributed by atoms with Crippen LogP contribution < -0.4 is 0 Å². The molecule has 0 atom stereocenters. The van der Waals surface area contributed by atoms with Crippen LogP contribution in [0.15, 0.2) is 11.6 Å². The van der Waals surface area contributed by atoms with Crippen molar-refractivity contribution in [2.75, 3.05) is 12.4 Å². The first-order valence-corrected chi connectivity index (χ1v) is 3.50. The lowest BCUT2D eigenvalue weighted by Gasteiger charge is -2.08. The first kappa shape index (κ1) is 5.04. The summed E-state index contributed by atoms with van der Waals surface area (Å²) in [6, 6.07) is 0. The molecule has 1 nitrogen and oxygen atoms in total. The maximum absolute atomic E-state index is 2.27. The highest BCUT2D eigenvalue weighted by Gasteiger charge is 1.98. The van der Waals surface area contributed by atoms with E-state index in [-0.39, 0.29) is 0 Å². The van der Waals surface area contributed by atoms with Crippen molar-refractivity contribution in [3.05, 3.63) is 11.6 Å². The summed E-state index contributed by atoms with van der Waals surface area (Å²) in [5.74, 6) is 1.15. The average Bonchev–Trinajstić information content (AvgIpc) is 2.14. The van der Waals surface area contributed by atoms with Gasteiger partial charge in [-0.15, -0.1) is 11.8 Å². The van der Waals surface area contributed by atoms with Gasteiger partial charge in [-0.1, -0.05) is 0 Å². The second-order valence-electron chi connectivity index (χ2n) is 1.49. The Morgan fingerprint density at radius 3 is 3.00 bits per heavy atom. The zero-order chi connectivity index (χ0) is 5.11. The SMILES string of the molecule is CCN1C=CSC1. The van der Waals surface area contributed by atoms with Crippen molar-refractivity contribution in [2.24, 2.45) is 0 Å². The minimum atomic E-state index is 1.14. The molecule has 0 unspecified atom stereocenters. The molecule has 0 N–H and O–H groups in total. The summed E-state index contributed by atoms with van der Waals surface area (Å²) in [6.07, 6.45) is 2.13. The van der Waals surface area contributed by atoms with E-state index in [1.807, 2.05) is 11.8 Å². The van der Waals surface area contributed by atoms with Crippen LogP contribution in [0.4, 0.5) is 0 Å². The van der Waals surface area contributed by atoms with Crippen molar-refractivity contribution in [3.8, 4) is 0 Å². The zero-order valence-corrected chi connectivity index (χ0v) is 5.24. The largest absolute Gasteiger partial charge is 0.368 e. The van der Waals surface area contributed by atoms with Gasteiger partial charge in [0.05, 0.1) is 5.88 Å². The fourth-order valence-electron chi connectivity index (χ4n) is 0.508. The number of hydrogen-bond acceptors (Lipinski definition) is 2. The summed E-state index contributed by atoms with van der Waals surface area (Å²) in [4.78, 5) is 2.27. The molecule has 0 saturated carbocycles. The van der Waals surface area contributed by atoms with Crippen LogP contribution in [0, 0.1) is 0 Å². The molecule has 0 aromatic rings.